The van der Waals surface area contributed by atoms with Crippen molar-refractivity contribution in [2.24, 2.45) is 0 Å². The maximum Gasteiger partial charge on any atom is 0.208 e. The number of imidazole rings is 1. The number of halogens is 2. The SMILES string of the molecule is COCC(C)Nc1nc(C)cn1-c1ccc(Br)c(Cl)c1. The molecule has 0 amide bonds. The van der Waals surface area contributed by atoms with Gasteiger partial charge in [0.25, 0.3) is 0 Å². The van der Waals surface area contributed by atoms with E-state index in [9.17, 15) is 0 Å². The van der Waals surface area contributed by atoms with Gasteiger partial charge >= 0.3 is 0 Å². The average molecular weight is 359 g/mol. The molecule has 2 aromatic rings. The number of benzene rings is 1. The van der Waals surface area contributed by atoms with Gasteiger partial charge in [-0.15, -0.1) is 0 Å². The van der Waals surface area contributed by atoms with Crippen molar-refractivity contribution in [2.45, 2.75) is 19.9 Å². The summed E-state index contributed by atoms with van der Waals surface area (Å²) >= 11 is 9.55. The van der Waals surface area contributed by atoms with Crippen LogP contribution in [-0.4, -0.2) is 29.3 Å². The third kappa shape index (κ3) is 3.53. The molecule has 1 heterocycles. The van der Waals surface area contributed by atoms with Crippen molar-refractivity contribution in [1.82, 2.24) is 9.55 Å². The number of nitrogens with one attached hydrogen (secondary N) is 1. The van der Waals surface area contributed by atoms with Gasteiger partial charge in [0.15, 0.2) is 0 Å². The Morgan fingerprint density at radius 2 is 2.25 bits per heavy atom. The lowest BCUT2D eigenvalue weighted by atomic mass is 10.3. The summed E-state index contributed by atoms with van der Waals surface area (Å²) in [7, 11) is 1.68. The summed E-state index contributed by atoms with van der Waals surface area (Å²) in [6.07, 6.45) is 1.97. The van der Waals surface area contributed by atoms with Crippen LogP contribution < -0.4 is 5.32 Å². The van der Waals surface area contributed by atoms with Crippen LogP contribution >= 0.6 is 27.5 Å². The highest BCUT2D eigenvalue weighted by Crippen LogP contribution is 2.26. The molecule has 1 aromatic carbocycles. The number of nitrogens with zero attached hydrogens (tertiary/aromatic N) is 2. The van der Waals surface area contributed by atoms with E-state index in [1.165, 1.54) is 0 Å². The lowest BCUT2D eigenvalue weighted by molar-refractivity contribution is 0.190. The minimum Gasteiger partial charge on any atom is -0.383 e. The zero-order chi connectivity index (χ0) is 14.7. The average Bonchev–Trinajstić information content (AvgIpc) is 2.74. The first-order chi connectivity index (χ1) is 9.51. The van der Waals surface area contributed by atoms with Gasteiger partial charge in [-0.05, 0) is 48.0 Å². The Hall–Kier alpha value is -1.04. The zero-order valence-electron chi connectivity index (χ0n) is 11.7. The molecule has 0 bridgehead atoms. The topological polar surface area (TPSA) is 39.1 Å². The summed E-state index contributed by atoms with van der Waals surface area (Å²) in [4.78, 5) is 4.50. The second-order valence-corrected chi connectivity index (χ2v) is 5.94. The number of aromatic nitrogens is 2. The van der Waals surface area contributed by atoms with E-state index in [4.69, 9.17) is 16.3 Å². The van der Waals surface area contributed by atoms with Crippen LogP contribution in [0.3, 0.4) is 0 Å². The van der Waals surface area contributed by atoms with Gasteiger partial charge in [-0.1, -0.05) is 11.6 Å². The van der Waals surface area contributed by atoms with E-state index < -0.39 is 0 Å². The van der Waals surface area contributed by atoms with Crippen molar-refractivity contribution in [3.8, 4) is 5.69 Å². The van der Waals surface area contributed by atoms with Crippen molar-refractivity contribution in [1.29, 1.82) is 0 Å². The Morgan fingerprint density at radius 3 is 2.90 bits per heavy atom. The summed E-state index contributed by atoms with van der Waals surface area (Å²) in [5, 5.41) is 4.01. The van der Waals surface area contributed by atoms with E-state index in [2.05, 4.69) is 26.2 Å². The molecule has 1 aromatic heterocycles. The monoisotopic (exact) mass is 357 g/mol. The summed E-state index contributed by atoms with van der Waals surface area (Å²) in [6, 6.07) is 5.99. The molecule has 4 nitrogen and oxygen atoms in total. The molecule has 20 heavy (non-hydrogen) atoms. The first-order valence-electron chi connectivity index (χ1n) is 6.28. The predicted octanol–water partition coefficient (Wildman–Crippen LogP) is 4.04. The molecule has 2 rings (SSSR count). The fourth-order valence-corrected chi connectivity index (χ4v) is 2.36. The largest absolute Gasteiger partial charge is 0.383 e. The predicted molar refractivity (Wildman–Crippen MR) is 86.0 cm³/mol. The van der Waals surface area contributed by atoms with Crippen LogP contribution in [0.25, 0.3) is 5.69 Å². The highest BCUT2D eigenvalue weighted by atomic mass is 79.9. The fraction of sp³-hybridized carbons (Fsp3) is 0.357. The van der Waals surface area contributed by atoms with E-state index in [1.807, 2.05) is 42.8 Å². The fourth-order valence-electron chi connectivity index (χ4n) is 1.94. The van der Waals surface area contributed by atoms with Crippen molar-refractivity contribution in [3.63, 3.8) is 0 Å². The molecule has 0 aliphatic carbocycles. The number of rotatable bonds is 5. The molecule has 0 aliphatic rings. The van der Waals surface area contributed by atoms with Crippen LogP contribution in [0.5, 0.6) is 0 Å². The number of ether oxygens (including phenoxy) is 1. The highest BCUT2D eigenvalue weighted by molar-refractivity contribution is 9.10. The van der Waals surface area contributed by atoms with Crippen molar-refractivity contribution >= 4 is 33.5 Å². The third-order valence-corrected chi connectivity index (χ3v) is 4.03. The number of methoxy groups -OCH3 is 1. The molecule has 0 saturated heterocycles. The maximum absolute atomic E-state index is 6.16. The Bertz CT molecular complexity index is 600. The molecule has 1 N–H and O–H groups in total. The van der Waals surface area contributed by atoms with Crippen molar-refractivity contribution in [3.05, 3.63) is 39.6 Å². The molecule has 0 radical (unpaired) electrons. The zero-order valence-corrected chi connectivity index (χ0v) is 14.0. The van der Waals surface area contributed by atoms with E-state index in [-0.39, 0.29) is 6.04 Å². The molecular formula is C14H17BrClN3O. The van der Waals surface area contributed by atoms with Gasteiger partial charge in [0, 0.05) is 23.8 Å². The molecule has 0 aliphatic heterocycles. The van der Waals surface area contributed by atoms with Gasteiger partial charge in [-0.2, -0.15) is 0 Å². The van der Waals surface area contributed by atoms with Crippen LogP contribution in [0.1, 0.15) is 12.6 Å². The number of anilines is 1. The maximum atomic E-state index is 6.16. The Morgan fingerprint density at radius 1 is 1.50 bits per heavy atom. The van der Waals surface area contributed by atoms with E-state index in [1.54, 1.807) is 7.11 Å². The smallest absolute Gasteiger partial charge is 0.208 e. The summed E-state index contributed by atoms with van der Waals surface area (Å²) < 4.78 is 8.00. The summed E-state index contributed by atoms with van der Waals surface area (Å²) in [6.45, 7) is 4.63. The van der Waals surface area contributed by atoms with Crippen molar-refractivity contribution < 1.29 is 4.74 Å². The second-order valence-electron chi connectivity index (χ2n) is 4.68. The van der Waals surface area contributed by atoms with Crippen LogP contribution in [0, 0.1) is 6.92 Å². The van der Waals surface area contributed by atoms with Crippen LogP contribution in [0.15, 0.2) is 28.9 Å². The summed E-state index contributed by atoms with van der Waals surface area (Å²) in [5.74, 6) is 0.783. The highest BCUT2D eigenvalue weighted by Gasteiger charge is 2.11. The van der Waals surface area contributed by atoms with Crippen LogP contribution in [0.4, 0.5) is 5.95 Å². The quantitative estimate of drug-likeness (QED) is 0.876. The van der Waals surface area contributed by atoms with Gasteiger partial charge in [-0.25, -0.2) is 4.98 Å². The Kier molecular flexibility index (Phi) is 5.07. The molecule has 0 fully saturated rings. The normalized spacial score (nSPS) is 12.4. The second kappa shape index (κ2) is 6.61. The molecule has 1 atom stereocenters. The molecule has 108 valence electrons. The van der Waals surface area contributed by atoms with Gasteiger partial charge in [0.05, 0.1) is 23.0 Å². The molecule has 1 unspecified atom stereocenters. The standard InChI is InChI=1S/C14H17BrClN3O/c1-9-7-19(11-4-5-12(15)13(16)6-11)14(17-9)18-10(2)8-20-3/h4-7,10H,8H2,1-3H3,(H,17,18). The number of hydrogen-bond donors (Lipinski definition) is 1. The van der Waals surface area contributed by atoms with E-state index >= 15 is 0 Å². The molecule has 0 saturated carbocycles. The first kappa shape index (κ1) is 15.4. The van der Waals surface area contributed by atoms with Gasteiger partial charge < -0.3 is 10.1 Å². The molecule has 6 heteroatoms. The van der Waals surface area contributed by atoms with Crippen LogP contribution in [0.2, 0.25) is 5.02 Å². The van der Waals surface area contributed by atoms with E-state index in [0.717, 1.165) is 21.8 Å². The lowest BCUT2D eigenvalue weighted by Gasteiger charge is -2.15. The summed E-state index contributed by atoms with van der Waals surface area (Å²) in [5.41, 5.74) is 1.90. The third-order valence-electron chi connectivity index (χ3n) is 2.80. The first-order valence-corrected chi connectivity index (χ1v) is 7.45. The minimum atomic E-state index is 0.173. The van der Waals surface area contributed by atoms with Gasteiger partial charge in [-0.3, -0.25) is 4.57 Å². The van der Waals surface area contributed by atoms with Crippen LogP contribution in [-0.2, 0) is 4.74 Å². The van der Waals surface area contributed by atoms with E-state index in [0.29, 0.717) is 11.6 Å². The Balaban J connectivity index is 2.33. The van der Waals surface area contributed by atoms with Gasteiger partial charge in [0.1, 0.15) is 0 Å². The van der Waals surface area contributed by atoms with Gasteiger partial charge in [0.2, 0.25) is 5.95 Å². The lowest BCUT2D eigenvalue weighted by Crippen LogP contribution is -2.22. The molecular weight excluding hydrogens is 342 g/mol. The number of aryl methyl sites for hydroxylation is 1. The molecule has 0 spiro atoms. The Labute approximate surface area is 132 Å². The number of hydrogen-bond acceptors (Lipinski definition) is 3. The van der Waals surface area contributed by atoms with Crippen molar-refractivity contribution in [2.75, 3.05) is 19.0 Å². The minimum absolute atomic E-state index is 0.173.